The van der Waals surface area contributed by atoms with Gasteiger partial charge in [0.1, 0.15) is 24.2 Å². The fraction of sp³-hybridized carbons (Fsp3) is 0.400. The zero-order chi connectivity index (χ0) is 21.5. The normalized spacial score (nSPS) is 23.0. The summed E-state index contributed by atoms with van der Waals surface area (Å²) in [6, 6.07) is 13.7. The molecule has 4 rings (SSSR count). The van der Waals surface area contributed by atoms with Gasteiger partial charge in [-0.05, 0) is 48.2 Å². The van der Waals surface area contributed by atoms with Crippen molar-refractivity contribution in [2.24, 2.45) is 0 Å². The molecule has 0 saturated carbocycles. The van der Waals surface area contributed by atoms with Crippen LogP contribution in [0.25, 0.3) is 0 Å². The maximum atomic E-state index is 13.0. The van der Waals surface area contributed by atoms with Gasteiger partial charge in [-0.25, -0.2) is 0 Å². The van der Waals surface area contributed by atoms with Crippen LogP contribution >= 0.6 is 0 Å². The van der Waals surface area contributed by atoms with Crippen LogP contribution in [-0.2, 0) is 20.5 Å². The standard InChI is InChI=1S/C25H29NO4/c1-16-12-20(15-29-18-8-6-17(7-9-18)24(2,3)4)30-25(14-16)21-13-19(28-5)10-11-22(21)26-23(25)27/h6-13,20H,14-15H2,1-5H3,(H,26,27)/t20-,25+/m1/s1. The topological polar surface area (TPSA) is 56.8 Å². The van der Waals surface area contributed by atoms with Crippen molar-refractivity contribution >= 4 is 11.6 Å². The van der Waals surface area contributed by atoms with Crippen molar-refractivity contribution in [3.05, 3.63) is 65.2 Å². The molecule has 5 nitrogen and oxygen atoms in total. The number of nitrogens with one attached hydrogen (secondary N) is 1. The summed E-state index contributed by atoms with van der Waals surface area (Å²) in [6.07, 6.45) is 2.22. The van der Waals surface area contributed by atoms with Crippen molar-refractivity contribution in [2.45, 2.75) is 51.2 Å². The Morgan fingerprint density at radius 2 is 1.83 bits per heavy atom. The van der Waals surface area contributed by atoms with Gasteiger partial charge in [0.15, 0.2) is 5.60 Å². The molecule has 30 heavy (non-hydrogen) atoms. The molecule has 2 aromatic carbocycles. The Morgan fingerprint density at radius 1 is 1.13 bits per heavy atom. The highest BCUT2D eigenvalue weighted by Crippen LogP contribution is 2.47. The Hall–Kier alpha value is -2.79. The summed E-state index contributed by atoms with van der Waals surface area (Å²) in [5, 5.41) is 2.96. The highest BCUT2D eigenvalue weighted by atomic mass is 16.6. The van der Waals surface area contributed by atoms with Crippen molar-refractivity contribution in [2.75, 3.05) is 19.0 Å². The van der Waals surface area contributed by atoms with Gasteiger partial charge in [-0.2, -0.15) is 0 Å². The molecule has 1 N–H and O–H groups in total. The van der Waals surface area contributed by atoms with Gasteiger partial charge in [-0.1, -0.05) is 44.6 Å². The van der Waals surface area contributed by atoms with Crippen molar-refractivity contribution in [3.63, 3.8) is 0 Å². The van der Waals surface area contributed by atoms with E-state index in [0.29, 0.717) is 18.8 Å². The second-order valence-corrected chi connectivity index (χ2v) is 9.12. The molecule has 0 bridgehead atoms. The van der Waals surface area contributed by atoms with E-state index in [1.165, 1.54) is 5.56 Å². The Bertz CT molecular complexity index is 987. The molecule has 2 aliphatic heterocycles. The van der Waals surface area contributed by atoms with Crippen LogP contribution in [0.1, 0.15) is 45.2 Å². The van der Waals surface area contributed by atoms with E-state index < -0.39 is 5.60 Å². The van der Waals surface area contributed by atoms with Crippen molar-refractivity contribution in [1.82, 2.24) is 0 Å². The zero-order valence-electron chi connectivity index (χ0n) is 18.2. The monoisotopic (exact) mass is 407 g/mol. The summed E-state index contributed by atoms with van der Waals surface area (Å²) in [6.45, 7) is 8.92. The molecule has 0 saturated heterocycles. The molecule has 2 aromatic rings. The first-order valence-electron chi connectivity index (χ1n) is 10.3. The van der Waals surface area contributed by atoms with Crippen LogP contribution in [0, 0.1) is 0 Å². The number of amides is 1. The first-order chi connectivity index (χ1) is 14.2. The van der Waals surface area contributed by atoms with Gasteiger partial charge in [-0.15, -0.1) is 0 Å². The molecule has 1 amide bonds. The number of hydrogen-bond donors (Lipinski definition) is 1. The molecule has 0 radical (unpaired) electrons. The van der Waals surface area contributed by atoms with E-state index in [2.05, 4.69) is 38.2 Å². The van der Waals surface area contributed by atoms with Gasteiger partial charge in [0.25, 0.3) is 5.91 Å². The van der Waals surface area contributed by atoms with E-state index in [1.54, 1.807) is 7.11 Å². The molecular weight excluding hydrogens is 378 g/mol. The lowest BCUT2D eigenvalue weighted by atomic mass is 9.85. The number of rotatable bonds is 4. The van der Waals surface area contributed by atoms with Crippen LogP contribution < -0.4 is 14.8 Å². The van der Waals surface area contributed by atoms with Crippen LogP contribution in [-0.4, -0.2) is 25.7 Å². The molecule has 5 heteroatoms. The fourth-order valence-electron chi connectivity index (χ4n) is 4.15. The third kappa shape index (κ3) is 3.70. The van der Waals surface area contributed by atoms with Crippen LogP contribution in [0.4, 0.5) is 5.69 Å². The summed E-state index contributed by atoms with van der Waals surface area (Å²) in [4.78, 5) is 13.0. The minimum atomic E-state index is -1.05. The molecule has 0 aromatic heterocycles. The molecule has 158 valence electrons. The van der Waals surface area contributed by atoms with E-state index in [4.69, 9.17) is 14.2 Å². The van der Waals surface area contributed by atoms with Gasteiger partial charge in [0, 0.05) is 17.7 Å². The number of fused-ring (bicyclic) bond motifs is 2. The highest BCUT2D eigenvalue weighted by molar-refractivity contribution is 6.05. The Balaban J connectivity index is 1.53. The average molecular weight is 408 g/mol. The number of carbonyl (C=O) groups excluding carboxylic acids is 1. The molecule has 2 atom stereocenters. The average Bonchev–Trinajstić information content (AvgIpc) is 2.96. The molecule has 1 spiro atoms. The van der Waals surface area contributed by atoms with Crippen LogP contribution in [0.15, 0.2) is 54.1 Å². The fourth-order valence-corrected chi connectivity index (χ4v) is 4.15. The Morgan fingerprint density at radius 3 is 2.50 bits per heavy atom. The predicted molar refractivity (Wildman–Crippen MR) is 117 cm³/mol. The summed E-state index contributed by atoms with van der Waals surface area (Å²) >= 11 is 0. The Labute approximate surface area is 178 Å². The molecule has 0 aliphatic carbocycles. The van der Waals surface area contributed by atoms with Gasteiger partial charge >= 0.3 is 0 Å². The molecular formula is C25H29NO4. The van der Waals surface area contributed by atoms with Gasteiger partial charge in [0.2, 0.25) is 0 Å². The number of anilines is 1. The summed E-state index contributed by atoms with van der Waals surface area (Å²) in [7, 11) is 1.62. The molecule has 2 heterocycles. The van der Waals surface area contributed by atoms with Crippen molar-refractivity contribution in [1.29, 1.82) is 0 Å². The minimum absolute atomic E-state index is 0.0987. The molecule has 2 aliphatic rings. The van der Waals surface area contributed by atoms with Crippen LogP contribution in [0.2, 0.25) is 0 Å². The van der Waals surface area contributed by atoms with Gasteiger partial charge in [-0.3, -0.25) is 4.79 Å². The lowest BCUT2D eigenvalue weighted by Gasteiger charge is -2.35. The number of hydrogen-bond acceptors (Lipinski definition) is 4. The maximum Gasteiger partial charge on any atom is 0.261 e. The van der Waals surface area contributed by atoms with E-state index in [0.717, 1.165) is 22.6 Å². The lowest BCUT2D eigenvalue weighted by molar-refractivity contribution is -0.151. The van der Waals surface area contributed by atoms with Gasteiger partial charge < -0.3 is 19.5 Å². The molecule has 0 fully saturated rings. The van der Waals surface area contributed by atoms with E-state index in [-0.39, 0.29) is 17.4 Å². The second kappa shape index (κ2) is 7.47. The first kappa shape index (κ1) is 20.5. The number of methoxy groups -OCH3 is 1. The lowest BCUT2D eigenvalue weighted by Crippen LogP contribution is -2.44. The maximum absolute atomic E-state index is 13.0. The SMILES string of the molecule is COc1ccc2c(c1)[C@@]1(CC(C)=C[C@H](COc3ccc(C(C)(C)C)cc3)O1)C(=O)N2. The zero-order valence-corrected chi connectivity index (χ0v) is 18.2. The molecule has 0 unspecified atom stereocenters. The van der Waals surface area contributed by atoms with E-state index in [1.807, 2.05) is 43.3 Å². The smallest absolute Gasteiger partial charge is 0.261 e. The van der Waals surface area contributed by atoms with E-state index >= 15 is 0 Å². The number of ether oxygens (including phenoxy) is 3. The number of carbonyl (C=O) groups is 1. The minimum Gasteiger partial charge on any atom is -0.497 e. The highest BCUT2D eigenvalue weighted by Gasteiger charge is 2.51. The van der Waals surface area contributed by atoms with Crippen molar-refractivity contribution in [3.8, 4) is 11.5 Å². The third-order valence-electron chi connectivity index (χ3n) is 5.76. The third-order valence-corrected chi connectivity index (χ3v) is 5.76. The van der Waals surface area contributed by atoms with Gasteiger partial charge in [0.05, 0.1) is 7.11 Å². The van der Waals surface area contributed by atoms with Crippen molar-refractivity contribution < 1.29 is 19.0 Å². The van der Waals surface area contributed by atoms with Crippen LogP contribution in [0.5, 0.6) is 11.5 Å². The number of benzene rings is 2. The summed E-state index contributed by atoms with van der Waals surface area (Å²) < 4.78 is 17.7. The predicted octanol–water partition coefficient (Wildman–Crippen LogP) is 4.95. The second-order valence-electron chi connectivity index (χ2n) is 9.12. The summed E-state index contributed by atoms with van der Waals surface area (Å²) in [5.41, 5.74) is 3.00. The van der Waals surface area contributed by atoms with E-state index in [9.17, 15) is 4.79 Å². The first-order valence-corrected chi connectivity index (χ1v) is 10.3. The Kier molecular flexibility index (Phi) is 5.10. The largest absolute Gasteiger partial charge is 0.497 e. The quantitative estimate of drug-likeness (QED) is 0.729. The van der Waals surface area contributed by atoms with Crippen LogP contribution in [0.3, 0.4) is 0 Å². The summed E-state index contributed by atoms with van der Waals surface area (Å²) in [5.74, 6) is 1.35.